The second-order valence-corrected chi connectivity index (χ2v) is 9.08. The third-order valence-corrected chi connectivity index (χ3v) is 6.51. The number of amides is 1. The van der Waals surface area contributed by atoms with Crippen molar-refractivity contribution in [3.63, 3.8) is 0 Å². The molecule has 1 amide bonds. The summed E-state index contributed by atoms with van der Waals surface area (Å²) in [6, 6.07) is 17.3. The van der Waals surface area contributed by atoms with Gasteiger partial charge in [-0.05, 0) is 69.5 Å². The number of nitrogens with two attached hydrogens (primary N) is 1. The molecule has 0 radical (unpaired) electrons. The van der Waals surface area contributed by atoms with E-state index in [9.17, 15) is 9.18 Å². The highest BCUT2D eigenvalue weighted by atomic mass is 19.1. The molecule has 1 aliphatic rings. The van der Waals surface area contributed by atoms with Crippen LogP contribution in [0.3, 0.4) is 0 Å². The number of pyridine rings is 1. The van der Waals surface area contributed by atoms with Gasteiger partial charge in [0.15, 0.2) is 0 Å². The van der Waals surface area contributed by atoms with Crippen molar-refractivity contribution >= 4 is 23.1 Å². The molecule has 178 valence electrons. The number of carbonyl (C=O) groups is 1. The average molecular weight is 462 g/mol. The summed E-state index contributed by atoms with van der Waals surface area (Å²) in [6.07, 6.45) is 3.79. The molecule has 1 aliphatic heterocycles. The zero-order chi connectivity index (χ0) is 24.1. The third-order valence-electron chi connectivity index (χ3n) is 6.51. The van der Waals surface area contributed by atoms with E-state index in [0.717, 1.165) is 18.8 Å². The van der Waals surface area contributed by atoms with Crippen molar-refractivity contribution in [3.05, 3.63) is 83.3 Å². The number of rotatable bonds is 8. The molecule has 4 N–H and O–H groups in total. The fourth-order valence-electron chi connectivity index (χ4n) is 4.43. The maximum Gasteiger partial charge on any atom is 0.252 e. The second kappa shape index (κ2) is 10.7. The Morgan fingerprint density at radius 3 is 2.50 bits per heavy atom. The normalized spacial score (nSPS) is 14.8. The number of halogens is 1. The fraction of sp³-hybridized carbons (Fsp3) is 0.333. The Morgan fingerprint density at radius 2 is 1.85 bits per heavy atom. The van der Waals surface area contributed by atoms with E-state index in [4.69, 9.17) is 5.73 Å². The Bertz CT molecular complexity index is 1120. The van der Waals surface area contributed by atoms with Gasteiger partial charge in [0.1, 0.15) is 11.6 Å². The Kier molecular flexibility index (Phi) is 7.43. The number of hydrogen-bond donors (Lipinski definition) is 3. The molecule has 0 spiro atoms. The van der Waals surface area contributed by atoms with Crippen LogP contribution in [-0.4, -0.2) is 34.9 Å². The van der Waals surface area contributed by atoms with Crippen LogP contribution in [0.5, 0.6) is 0 Å². The second-order valence-electron chi connectivity index (χ2n) is 9.08. The molecule has 1 aromatic heterocycles. The minimum absolute atomic E-state index is 0.223. The molecule has 34 heavy (non-hydrogen) atoms. The Balaban J connectivity index is 1.43. The lowest BCUT2D eigenvalue weighted by Gasteiger charge is -2.34. The predicted octanol–water partition coefficient (Wildman–Crippen LogP) is 5.26. The van der Waals surface area contributed by atoms with Gasteiger partial charge in [-0.3, -0.25) is 4.79 Å². The molecular weight excluding hydrogens is 429 g/mol. The van der Waals surface area contributed by atoms with Crippen molar-refractivity contribution in [2.24, 2.45) is 5.73 Å². The number of likely N-dealkylation sites (tertiary alicyclic amines) is 1. The third kappa shape index (κ3) is 5.72. The first kappa shape index (κ1) is 23.7. The van der Waals surface area contributed by atoms with E-state index in [2.05, 4.69) is 58.6 Å². The lowest BCUT2D eigenvalue weighted by molar-refractivity contribution is 0.100. The lowest BCUT2D eigenvalue weighted by Crippen LogP contribution is -2.37. The molecule has 2 heterocycles. The van der Waals surface area contributed by atoms with E-state index < -0.39 is 5.91 Å². The highest BCUT2D eigenvalue weighted by Crippen LogP contribution is 2.30. The number of carbonyl (C=O) groups excluding carboxylic acids is 1. The van der Waals surface area contributed by atoms with E-state index in [0.29, 0.717) is 29.0 Å². The molecule has 0 aliphatic carbocycles. The Labute approximate surface area is 200 Å². The summed E-state index contributed by atoms with van der Waals surface area (Å²) in [5.41, 5.74) is 9.03. The molecule has 7 heteroatoms. The van der Waals surface area contributed by atoms with Crippen LogP contribution >= 0.6 is 0 Å². The highest BCUT2D eigenvalue weighted by Gasteiger charge is 2.22. The van der Waals surface area contributed by atoms with Crippen LogP contribution in [0.4, 0.5) is 21.6 Å². The summed E-state index contributed by atoms with van der Waals surface area (Å²) in [4.78, 5) is 18.7. The molecule has 4 rings (SSSR count). The number of hydrogen-bond acceptors (Lipinski definition) is 5. The molecule has 6 nitrogen and oxygen atoms in total. The highest BCUT2D eigenvalue weighted by molar-refractivity contribution is 5.98. The largest absolute Gasteiger partial charge is 0.380 e. The SMILES string of the molecule is CC(C)N1CCC(c2ccc(Nc3cc(NCc4ccccc4F)c(C(N)=O)cn3)cc2)CC1. The van der Waals surface area contributed by atoms with Gasteiger partial charge >= 0.3 is 0 Å². The number of anilines is 3. The number of aromatic nitrogens is 1. The summed E-state index contributed by atoms with van der Waals surface area (Å²) >= 11 is 0. The van der Waals surface area contributed by atoms with Gasteiger partial charge in [0.25, 0.3) is 5.91 Å². The van der Waals surface area contributed by atoms with Gasteiger partial charge in [-0.2, -0.15) is 0 Å². The van der Waals surface area contributed by atoms with Crippen LogP contribution in [-0.2, 0) is 6.54 Å². The molecule has 0 unspecified atom stereocenters. The van der Waals surface area contributed by atoms with Crippen LogP contribution in [0, 0.1) is 5.82 Å². The molecule has 0 bridgehead atoms. The van der Waals surface area contributed by atoms with Gasteiger partial charge in [0.2, 0.25) is 0 Å². The van der Waals surface area contributed by atoms with Crippen molar-refractivity contribution in [1.82, 2.24) is 9.88 Å². The van der Waals surface area contributed by atoms with Crippen LogP contribution < -0.4 is 16.4 Å². The van der Waals surface area contributed by atoms with Crippen molar-refractivity contribution in [1.29, 1.82) is 0 Å². The van der Waals surface area contributed by atoms with Crippen LogP contribution in [0.15, 0.2) is 60.8 Å². The summed E-state index contributed by atoms with van der Waals surface area (Å²) in [5.74, 6) is 0.256. The first-order valence-electron chi connectivity index (χ1n) is 11.8. The van der Waals surface area contributed by atoms with Gasteiger partial charge in [0, 0.05) is 36.1 Å². The van der Waals surface area contributed by atoms with Gasteiger partial charge in [-0.1, -0.05) is 30.3 Å². The van der Waals surface area contributed by atoms with Crippen molar-refractivity contribution in [3.8, 4) is 0 Å². The predicted molar refractivity (Wildman–Crippen MR) is 135 cm³/mol. The van der Waals surface area contributed by atoms with Gasteiger partial charge in [-0.25, -0.2) is 9.37 Å². The molecule has 3 aromatic rings. The quantitative estimate of drug-likeness (QED) is 0.426. The smallest absolute Gasteiger partial charge is 0.252 e. The maximum absolute atomic E-state index is 14.0. The number of nitrogens with one attached hydrogen (secondary N) is 2. The molecular formula is C27H32FN5O. The zero-order valence-corrected chi connectivity index (χ0v) is 19.7. The summed E-state index contributed by atoms with van der Waals surface area (Å²) in [6.45, 7) is 7.01. The number of nitrogens with zero attached hydrogens (tertiary/aromatic N) is 2. The van der Waals surface area contributed by atoms with Gasteiger partial charge in [0.05, 0.1) is 11.3 Å². The van der Waals surface area contributed by atoms with Gasteiger partial charge in [-0.15, -0.1) is 0 Å². The molecule has 2 aromatic carbocycles. The minimum atomic E-state index is -0.594. The standard InChI is InChI=1S/C27H32FN5O/c1-18(2)33-13-11-20(12-14-33)19-7-9-22(10-8-19)32-26-15-25(23(17-31-26)27(29)34)30-16-21-5-3-4-6-24(21)28/h3-10,15,17-18,20H,11-14,16H2,1-2H3,(H2,29,34)(H2,30,31,32). The molecule has 1 fully saturated rings. The Morgan fingerprint density at radius 1 is 1.15 bits per heavy atom. The number of benzene rings is 2. The monoisotopic (exact) mass is 461 g/mol. The first-order valence-corrected chi connectivity index (χ1v) is 11.8. The summed E-state index contributed by atoms with van der Waals surface area (Å²) in [5, 5.41) is 6.40. The van der Waals surface area contributed by atoms with E-state index in [-0.39, 0.29) is 17.9 Å². The van der Waals surface area contributed by atoms with Crippen LogP contribution in [0.25, 0.3) is 0 Å². The van der Waals surface area contributed by atoms with E-state index in [1.54, 1.807) is 24.3 Å². The van der Waals surface area contributed by atoms with E-state index >= 15 is 0 Å². The number of primary amides is 1. The lowest BCUT2D eigenvalue weighted by atomic mass is 9.89. The Hall–Kier alpha value is -3.45. The topological polar surface area (TPSA) is 83.3 Å². The van der Waals surface area contributed by atoms with Crippen molar-refractivity contribution in [2.75, 3.05) is 23.7 Å². The number of piperidine rings is 1. The van der Waals surface area contributed by atoms with E-state index in [1.807, 2.05) is 0 Å². The maximum atomic E-state index is 14.0. The molecule has 0 saturated carbocycles. The molecule has 1 saturated heterocycles. The zero-order valence-electron chi connectivity index (χ0n) is 19.7. The fourth-order valence-corrected chi connectivity index (χ4v) is 4.43. The van der Waals surface area contributed by atoms with Crippen molar-refractivity contribution < 1.29 is 9.18 Å². The first-order chi connectivity index (χ1) is 16.4. The van der Waals surface area contributed by atoms with E-state index in [1.165, 1.54) is 30.7 Å². The molecule has 0 atom stereocenters. The average Bonchev–Trinajstić information content (AvgIpc) is 2.84. The van der Waals surface area contributed by atoms with Crippen molar-refractivity contribution in [2.45, 2.75) is 45.2 Å². The van der Waals surface area contributed by atoms with Gasteiger partial charge < -0.3 is 21.3 Å². The van der Waals surface area contributed by atoms with Crippen LogP contribution in [0.2, 0.25) is 0 Å². The summed E-state index contributed by atoms with van der Waals surface area (Å²) < 4.78 is 14.0. The minimum Gasteiger partial charge on any atom is -0.380 e. The summed E-state index contributed by atoms with van der Waals surface area (Å²) in [7, 11) is 0. The van der Waals surface area contributed by atoms with Crippen LogP contribution in [0.1, 0.15) is 54.1 Å².